The predicted molar refractivity (Wildman–Crippen MR) is 87.2 cm³/mol. The first kappa shape index (κ1) is 16.2. The van der Waals surface area contributed by atoms with Crippen LogP contribution < -0.4 is 5.32 Å². The monoisotopic (exact) mass is 360 g/mol. The van der Waals surface area contributed by atoms with Crippen LogP contribution in [0.5, 0.6) is 0 Å². The van der Waals surface area contributed by atoms with Gasteiger partial charge in [-0.25, -0.2) is 0 Å². The van der Waals surface area contributed by atoms with E-state index < -0.39 is 0 Å². The standard InChI is InChI=1S/C15H22BrClN2O/c1-15(2,10-20)14(19-7-5-18-6-8-19)12-4-3-11(16)9-13(12)17/h3-4,9,14,18,20H,5-8,10H2,1-2H3/t14-/m0/s1. The molecule has 1 aliphatic heterocycles. The first-order valence-corrected chi connectivity index (χ1v) is 8.13. The fraction of sp³-hybridized carbons (Fsp3) is 0.600. The Labute approximate surface area is 134 Å². The minimum absolute atomic E-state index is 0.121. The summed E-state index contributed by atoms with van der Waals surface area (Å²) in [6.45, 7) is 8.23. The van der Waals surface area contributed by atoms with E-state index in [-0.39, 0.29) is 18.1 Å². The number of piperazine rings is 1. The SMILES string of the molecule is CC(C)(CO)[C@H](c1ccc(Br)cc1Cl)N1CCNCC1. The van der Waals surface area contributed by atoms with Gasteiger partial charge in [0.15, 0.2) is 0 Å². The van der Waals surface area contributed by atoms with Crippen LogP contribution in [0.3, 0.4) is 0 Å². The van der Waals surface area contributed by atoms with Crippen LogP contribution in [0.25, 0.3) is 0 Å². The van der Waals surface area contributed by atoms with Crippen molar-refractivity contribution in [2.45, 2.75) is 19.9 Å². The van der Waals surface area contributed by atoms with Gasteiger partial charge in [0.1, 0.15) is 0 Å². The van der Waals surface area contributed by atoms with Crippen molar-refractivity contribution in [3.63, 3.8) is 0 Å². The van der Waals surface area contributed by atoms with Gasteiger partial charge in [-0.05, 0) is 17.7 Å². The third kappa shape index (κ3) is 3.55. The molecule has 20 heavy (non-hydrogen) atoms. The molecule has 2 N–H and O–H groups in total. The van der Waals surface area contributed by atoms with E-state index >= 15 is 0 Å². The molecular weight excluding hydrogens is 340 g/mol. The van der Waals surface area contributed by atoms with E-state index in [0.717, 1.165) is 41.2 Å². The molecule has 5 heteroatoms. The second-order valence-corrected chi connectivity index (χ2v) is 7.32. The Morgan fingerprint density at radius 2 is 2.05 bits per heavy atom. The summed E-state index contributed by atoms with van der Waals surface area (Å²) in [7, 11) is 0. The Morgan fingerprint density at radius 1 is 1.40 bits per heavy atom. The van der Waals surface area contributed by atoms with Gasteiger partial charge < -0.3 is 10.4 Å². The number of halogens is 2. The summed E-state index contributed by atoms with van der Waals surface area (Å²) < 4.78 is 0.979. The number of hydrogen-bond acceptors (Lipinski definition) is 3. The summed E-state index contributed by atoms with van der Waals surface area (Å²) in [5, 5.41) is 13.9. The minimum Gasteiger partial charge on any atom is -0.396 e. The molecule has 0 saturated carbocycles. The van der Waals surface area contributed by atoms with Crippen LogP contribution in [-0.2, 0) is 0 Å². The van der Waals surface area contributed by atoms with Gasteiger partial charge >= 0.3 is 0 Å². The Balaban J connectivity index is 2.39. The number of aliphatic hydroxyl groups excluding tert-OH is 1. The van der Waals surface area contributed by atoms with Crippen molar-refractivity contribution in [1.82, 2.24) is 10.2 Å². The van der Waals surface area contributed by atoms with Crippen LogP contribution in [-0.4, -0.2) is 42.8 Å². The molecule has 0 unspecified atom stereocenters. The van der Waals surface area contributed by atoms with E-state index in [1.807, 2.05) is 12.1 Å². The molecule has 0 aliphatic carbocycles. The smallest absolute Gasteiger partial charge is 0.0500 e. The zero-order chi connectivity index (χ0) is 14.8. The average molecular weight is 362 g/mol. The Hall–Kier alpha value is -0.130. The third-order valence-electron chi connectivity index (χ3n) is 3.92. The van der Waals surface area contributed by atoms with Crippen molar-refractivity contribution < 1.29 is 5.11 Å². The first-order chi connectivity index (χ1) is 9.45. The van der Waals surface area contributed by atoms with Crippen molar-refractivity contribution in [2.24, 2.45) is 5.41 Å². The molecule has 1 fully saturated rings. The molecule has 1 saturated heterocycles. The largest absolute Gasteiger partial charge is 0.396 e. The van der Waals surface area contributed by atoms with Gasteiger partial charge in [0, 0.05) is 53.7 Å². The van der Waals surface area contributed by atoms with Gasteiger partial charge in [0.2, 0.25) is 0 Å². The highest BCUT2D eigenvalue weighted by atomic mass is 79.9. The van der Waals surface area contributed by atoms with Gasteiger partial charge in [0.25, 0.3) is 0 Å². The van der Waals surface area contributed by atoms with Crippen LogP contribution in [0.2, 0.25) is 5.02 Å². The van der Waals surface area contributed by atoms with Gasteiger partial charge in [-0.1, -0.05) is 47.4 Å². The quantitative estimate of drug-likeness (QED) is 0.865. The average Bonchev–Trinajstić information content (AvgIpc) is 2.43. The Kier molecular flexibility index (Phi) is 5.49. The van der Waals surface area contributed by atoms with E-state index in [2.05, 4.69) is 46.1 Å². The number of nitrogens with one attached hydrogen (secondary N) is 1. The van der Waals surface area contributed by atoms with Crippen molar-refractivity contribution in [3.8, 4) is 0 Å². The summed E-state index contributed by atoms with van der Waals surface area (Å²) in [6, 6.07) is 6.13. The second-order valence-electron chi connectivity index (χ2n) is 6.00. The molecule has 1 aromatic rings. The summed E-state index contributed by atoms with van der Waals surface area (Å²) in [5.41, 5.74) is 0.852. The molecular formula is C15H22BrClN2O. The lowest BCUT2D eigenvalue weighted by molar-refractivity contribution is 0.0306. The van der Waals surface area contributed by atoms with Crippen LogP contribution in [0, 0.1) is 5.41 Å². The van der Waals surface area contributed by atoms with E-state index in [0.29, 0.717) is 0 Å². The summed E-state index contributed by atoms with van der Waals surface area (Å²) >= 11 is 9.90. The highest BCUT2D eigenvalue weighted by Crippen LogP contribution is 2.41. The molecule has 1 heterocycles. The van der Waals surface area contributed by atoms with Crippen LogP contribution in [0.4, 0.5) is 0 Å². The number of aliphatic hydroxyl groups is 1. The van der Waals surface area contributed by atoms with Crippen molar-refractivity contribution in [3.05, 3.63) is 33.3 Å². The van der Waals surface area contributed by atoms with E-state index in [9.17, 15) is 5.11 Å². The van der Waals surface area contributed by atoms with Gasteiger partial charge in [0.05, 0.1) is 0 Å². The summed E-state index contributed by atoms with van der Waals surface area (Å²) in [5.74, 6) is 0. The molecule has 1 aromatic carbocycles. The molecule has 3 nitrogen and oxygen atoms in total. The first-order valence-electron chi connectivity index (χ1n) is 6.96. The molecule has 1 aliphatic rings. The van der Waals surface area contributed by atoms with Gasteiger partial charge in [-0.15, -0.1) is 0 Å². The lowest BCUT2D eigenvalue weighted by Crippen LogP contribution is -2.49. The lowest BCUT2D eigenvalue weighted by Gasteiger charge is -2.43. The highest BCUT2D eigenvalue weighted by Gasteiger charge is 2.36. The molecule has 112 valence electrons. The molecule has 0 spiro atoms. The highest BCUT2D eigenvalue weighted by molar-refractivity contribution is 9.10. The Morgan fingerprint density at radius 3 is 2.60 bits per heavy atom. The maximum absolute atomic E-state index is 9.81. The maximum atomic E-state index is 9.81. The zero-order valence-electron chi connectivity index (χ0n) is 12.0. The zero-order valence-corrected chi connectivity index (χ0v) is 14.3. The number of hydrogen-bond donors (Lipinski definition) is 2. The van der Waals surface area contributed by atoms with E-state index in [4.69, 9.17) is 11.6 Å². The van der Waals surface area contributed by atoms with Gasteiger partial charge in [-0.2, -0.15) is 0 Å². The fourth-order valence-electron chi connectivity index (χ4n) is 2.86. The van der Waals surface area contributed by atoms with Crippen LogP contribution >= 0.6 is 27.5 Å². The topological polar surface area (TPSA) is 35.5 Å². The van der Waals surface area contributed by atoms with Crippen LogP contribution in [0.1, 0.15) is 25.5 Å². The van der Waals surface area contributed by atoms with Crippen LogP contribution in [0.15, 0.2) is 22.7 Å². The number of nitrogens with zero attached hydrogens (tertiary/aromatic N) is 1. The van der Waals surface area contributed by atoms with Crippen molar-refractivity contribution in [2.75, 3.05) is 32.8 Å². The normalized spacial score (nSPS) is 19.1. The van der Waals surface area contributed by atoms with Crippen molar-refractivity contribution in [1.29, 1.82) is 0 Å². The maximum Gasteiger partial charge on any atom is 0.0500 e. The molecule has 0 amide bonds. The predicted octanol–water partition coefficient (Wildman–Crippen LogP) is 3.07. The molecule has 0 radical (unpaired) electrons. The molecule has 1 atom stereocenters. The van der Waals surface area contributed by atoms with E-state index in [1.165, 1.54) is 0 Å². The number of benzene rings is 1. The second kappa shape index (κ2) is 6.75. The van der Waals surface area contributed by atoms with E-state index in [1.54, 1.807) is 0 Å². The Bertz CT molecular complexity index is 461. The molecule has 0 bridgehead atoms. The minimum atomic E-state index is -0.241. The van der Waals surface area contributed by atoms with Gasteiger partial charge in [-0.3, -0.25) is 4.90 Å². The molecule has 0 aromatic heterocycles. The lowest BCUT2D eigenvalue weighted by atomic mass is 9.79. The fourth-order valence-corrected chi connectivity index (χ4v) is 3.64. The number of rotatable bonds is 4. The summed E-state index contributed by atoms with van der Waals surface area (Å²) in [6.07, 6.45) is 0. The summed E-state index contributed by atoms with van der Waals surface area (Å²) in [4.78, 5) is 2.42. The third-order valence-corrected chi connectivity index (χ3v) is 4.74. The van der Waals surface area contributed by atoms with Crippen molar-refractivity contribution >= 4 is 27.5 Å². The molecule has 2 rings (SSSR count).